The molecule has 0 saturated heterocycles. The van der Waals surface area contributed by atoms with E-state index in [1.807, 2.05) is 18.2 Å². The molecule has 1 aromatic carbocycles. The number of para-hydroxylation sites is 1. The van der Waals surface area contributed by atoms with Crippen LogP contribution in [0.1, 0.15) is 26.3 Å². The molecular weight excluding hydrogens is 274 g/mol. The van der Waals surface area contributed by atoms with Crippen LogP contribution in [0, 0.1) is 0 Å². The fourth-order valence-corrected chi connectivity index (χ4v) is 2.14. The molecule has 2 N–H and O–H groups in total. The molecule has 1 unspecified atom stereocenters. The van der Waals surface area contributed by atoms with Crippen molar-refractivity contribution in [2.45, 2.75) is 44.9 Å². The lowest BCUT2D eigenvalue weighted by atomic mass is 10.0. The standard InChI is InChI=1S/C15H19NO5/c1-15(2,3)21-14(19)16-12(13(17)18)11-8-9-6-4-5-7-10(9)20-11/h4-7,11-12H,8H2,1-3H3,(H,16,19)(H,17,18)/t11-,12?/m0/s1. The number of rotatable bonds is 3. The Morgan fingerprint density at radius 2 is 2.05 bits per heavy atom. The van der Waals surface area contributed by atoms with Crippen LogP contribution in [0.2, 0.25) is 0 Å². The second-order valence-corrected chi connectivity index (χ2v) is 5.93. The summed E-state index contributed by atoms with van der Waals surface area (Å²) in [5.41, 5.74) is 0.242. The maximum absolute atomic E-state index is 11.8. The van der Waals surface area contributed by atoms with Gasteiger partial charge in [-0.2, -0.15) is 0 Å². The summed E-state index contributed by atoms with van der Waals surface area (Å²) in [6, 6.07) is 6.18. The number of amides is 1. The number of hydrogen-bond acceptors (Lipinski definition) is 4. The Kier molecular flexibility index (Phi) is 4.06. The summed E-state index contributed by atoms with van der Waals surface area (Å²) in [5, 5.41) is 11.7. The van der Waals surface area contributed by atoms with Crippen LogP contribution in [-0.4, -0.2) is 34.9 Å². The van der Waals surface area contributed by atoms with Gasteiger partial charge in [0.2, 0.25) is 0 Å². The molecule has 1 aliphatic rings. The summed E-state index contributed by atoms with van der Waals surface area (Å²) in [7, 11) is 0. The Hall–Kier alpha value is -2.24. The second-order valence-electron chi connectivity index (χ2n) is 5.93. The van der Waals surface area contributed by atoms with E-state index in [2.05, 4.69) is 5.32 Å². The molecule has 1 amide bonds. The van der Waals surface area contributed by atoms with Gasteiger partial charge in [0.25, 0.3) is 0 Å². The van der Waals surface area contributed by atoms with Crippen molar-refractivity contribution in [3.63, 3.8) is 0 Å². The number of carboxylic acids is 1. The van der Waals surface area contributed by atoms with Crippen molar-refractivity contribution in [3.8, 4) is 5.75 Å². The topological polar surface area (TPSA) is 84.9 Å². The number of benzene rings is 1. The first-order chi connectivity index (χ1) is 9.76. The highest BCUT2D eigenvalue weighted by molar-refractivity contribution is 5.81. The first-order valence-corrected chi connectivity index (χ1v) is 6.73. The predicted octanol–water partition coefficient (Wildman–Crippen LogP) is 1.97. The van der Waals surface area contributed by atoms with Crippen LogP contribution in [0.15, 0.2) is 24.3 Å². The number of carboxylic acid groups (broad SMARTS) is 1. The van der Waals surface area contributed by atoms with Crippen molar-refractivity contribution in [1.82, 2.24) is 5.32 Å². The molecule has 1 aromatic rings. The zero-order chi connectivity index (χ0) is 15.6. The molecule has 114 valence electrons. The van der Waals surface area contributed by atoms with Crippen LogP contribution in [0.25, 0.3) is 0 Å². The average molecular weight is 293 g/mol. The molecule has 21 heavy (non-hydrogen) atoms. The summed E-state index contributed by atoms with van der Waals surface area (Å²) in [4.78, 5) is 23.1. The summed E-state index contributed by atoms with van der Waals surface area (Å²) in [6.45, 7) is 5.14. The van der Waals surface area contributed by atoms with Crippen molar-refractivity contribution >= 4 is 12.1 Å². The molecule has 0 aromatic heterocycles. The fourth-order valence-electron chi connectivity index (χ4n) is 2.14. The third kappa shape index (κ3) is 3.87. The van der Waals surface area contributed by atoms with E-state index in [9.17, 15) is 14.7 Å². The molecule has 2 rings (SSSR count). The SMILES string of the molecule is CC(C)(C)OC(=O)NC(C(=O)O)[C@@H]1Cc2ccccc2O1. The number of carbonyl (C=O) groups is 2. The summed E-state index contributed by atoms with van der Waals surface area (Å²) in [6.07, 6.45) is -0.981. The first kappa shape index (κ1) is 15.2. The third-order valence-electron chi connectivity index (χ3n) is 2.98. The molecule has 0 aliphatic carbocycles. The van der Waals surface area contributed by atoms with Gasteiger partial charge in [0.1, 0.15) is 17.5 Å². The Morgan fingerprint density at radius 1 is 1.38 bits per heavy atom. The van der Waals surface area contributed by atoms with Gasteiger partial charge in [-0.25, -0.2) is 9.59 Å². The highest BCUT2D eigenvalue weighted by atomic mass is 16.6. The van der Waals surface area contributed by atoms with E-state index in [0.29, 0.717) is 12.2 Å². The molecule has 0 bridgehead atoms. The van der Waals surface area contributed by atoms with E-state index in [1.165, 1.54) is 0 Å². The van der Waals surface area contributed by atoms with Crippen LogP contribution < -0.4 is 10.1 Å². The summed E-state index contributed by atoms with van der Waals surface area (Å²) < 4.78 is 10.7. The minimum atomic E-state index is -1.16. The quantitative estimate of drug-likeness (QED) is 0.890. The van der Waals surface area contributed by atoms with Gasteiger partial charge in [0.05, 0.1) is 0 Å². The molecule has 1 aliphatic heterocycles. The fraction of sp³-hybridized carbons (Fsp3) is 0.467. The summed E-state index contributed by atoms with van der Waals surface area (Å²) in [5.74, 6) is -0.501. The molecule has 6 nitrogen and oxygen atoms in total. The molecule has 6 heteroatoms. The molecular formula is C15H19NO5. The van der Waals surface area contributed by atoms with Crippen molar-refractivity contribution in [2.24, 2.45) is 0 Å². The van der Waals surface area contributed by atoms with Gasteiger partial charge in [-0.1, -0.05) is 18.2 Å². The second kappa shape index (κ2) is 5.63. The number of carbonyl (C=O) groups excluding carboxylic acids is 1. The van der Waals surface area contributed by atoms with E-state index in [0.717, 1.165) is 5.56 Å². The number of fused-ring (bicyclic) bond motifs is 1. The van der Waals surface area contributed by atoms with Gasteiger partial charge in [0, 0.05) is 6.42 Å². The zero-order valence-corrected chi connectivity index (χ0v) is 12.3. The number of alkyl carbamates (subject to hydrolysis) is 1. The van der Waals surface area contributed by atoms with Crippen molar-refractivity contribution in [1.29, 1.82) is 0 Å². The van der Waals surface area contributed by atoms with Gasteiger partial charge in [-0.3, -0.25) is 0 Å². The lowest BCUT2D eigenvalue weighted by Gasteiger charge is -2.24. The molecule has 0 radical (unpaired) electrons. The normalized spacial score (nSPS) is 18.3. The lowest BCUT2D eigenvalue weighted by Crippen LogP contribution is -2.51. The Balaban J connectivity index is 2.05. The molecule has 0 fully saturated rings. The number of hydrogen-bond donors (Lipinski definition) is 2. The van der Waals surface area contributed by atoms with Crippen molar-refractivity contribution < 1.29 is 24.2 Å². The molecule has 0 spiro atoms. The van der Waals surface area contributed by atoms with E-state index >= 15 is 0 Å². The number of ether oxygens (including phenoxy) is 2. The van der Waals surface area contributed by atoms with E-state index in [4.69, 9.17) is 9.47 Å². The first-order valence-electron chi connectivity index (χ1n) is 6.73. The van der Waals surface area contributed by atoms with Gasteiger partial charge in [-0.15, -0.1) is 0 Å². The van der Waals surface area contributed by atoms with E-state index in [-0.39, 0.29) is 0 Å². The van der Waals surface area contributed by atoms with Crippen LogP contribution in [0.4, 0.5) is 4.79 Å². The lowest BCUT2D eigenvalue weighted by molar-refractivity contribution is -0.141. The zero-order valence-electron chi connectivity index (χ0n) is 12.3. The number of nitrogens with one attached hydrogen (secondary N) is 1. The Labute approximate surface area is 123 Å². The molecule has 0 saturated carbocycles. The summed E-state index contributed by atoms with van der Waals surface area (Å²) >= 11 is 0. The Bertz CT molecular complexity index is 524. The predicted molar refractivity (Wildman–Crippen MR) is 75.4 cm³/mol. The molecule has 1 heterocycles. The van der Waals surface area contributed by atoms with Gasteiger partial charge in [0.15, 0.2) is 6.04 Å². The van der Waals surface area contributed by atoms with E-state index < -0.39 is 29.8 Å². The average Bonchev–Trinajstić information content (AvgIpc) is 2.76. The van der Waals surface area contributed by atoms with E-state index in [1.54, 1.807) is 26.8 Å². The minimum absolute atomic E-state index is 0.433. The van der Waals surface area contributed by atoms with Crippen LogP contribution >= 0.6 is 0 Å². The highest BCUT2D eigenvalue weighted by Crippen LogP contribution is 2.29. The van der Waals surface area contributed by atoms with Crippen LogP contribution in [-0.2, 0) is 16.0 Å². The monoisotopic (exact) mass is 293 g/mol. The minimum Gasteiger partial charge on any atom is -0.487 e. The van der Waals surface area contributed by atoms with Crippen molar-refractivity contribution in [2.75, 3.05) is 0 Å². The van der Waals surface area contributed by atoms with Gasteiger partial charge >= 0.3 is 12.1 Å². The highest BCUT2D eigenvalue weighted by Gasteiger charge is 2.37. The largest absolute Gasteiger partial charge is 0.487 e. The maximum Gasteiger partial charge on any atom is 0.408 e. The van der Waals surface area contributed by atoms with Gasteiger partial charge < -0.3 is 19.9 Å². The third-order valence-corrected chi connectivity index (χ3v) is 2.98. The van der Waals surface area contributed by atoms with Crippen molar-refractivity contribution in [3.05, 3.63) is 29.8 Å². The van der Waals surface area contributed by atoms with Crippen LogP contribution in [0.5, 0.6) is 5.75 Å². The molecule has 2 atom stereocenters. The number of aliphatic carboxylic acids is 1. The van der Waals surface area contributed by atoms with Gasteiger partial charge in [-0.05, 0) is 32.4 Å². The van der Waals surface area contributed by atoms with Crippen LogP contribution in [0.3, 0.4) is 0 Å². The Morgan fingerprint density at radius 3 is 2.62 bits per heavy atom. The maximum atomic E-state index is 11.8. The smallest absolute Gasteiger partial charge is 0.408 e.